The van der Waals surface area contributed by atoms with Gasteiger partial charge in [-0.2, -0.15) is 8.78 Å². The molecule has 41 heavy (non-hydrogen) atoms. The van der Waals surface area contributed by atoms with Crippen LogP contribution < -0.4 is 4.74 Å². The van der Waals surface area contributed by atoms with Crippen molar-refractivity contribution >= 4 is 0 Å². The standard InChI is InChI=1S/C37H53F3O/c1-3-5-7-9-11-12-13-15-17-28-19-21-29(22-20-28)31-24-25-32-33-26-23-30(18-16-14-10-8-6-4-2)35(38)36(33)41-37(39,40)34(32)27-31/h23-29H,3-22H2,1-2H3. The highest BCUT2D eigenvalue weighted by Gasteiger charge is 2.44. The van der Waals surface area contributed by atoms with E-state index in [1.54, 1.807) is 24.3 Å². The van der Waals surface area contributed by atoms with E-state index in [0.717, 1.165) is 43.6 Å². The normalized spacial score (nSPS) is 19.4. The van der Waals surface area contributed by atoms with Gasteiger partial charge in [0.15, 0.2) is 11.6 Å². The van der Waals surface area contributed by atoms with E-state index in [0.29, 0.717) is 29.0 Å². The predicted octanol–water partition coefficient (Wildman–Crippen LogP) is 12.6. The highest BCUT2D eigenvalue weighted by atomic mass is 19.3. The largest absolute Gasteiger partial charge is 0.427 e. The number of hydrogen-bond donors (Lipinski definition) is 0. The summed E-state index contributed by atoms with van der Waals surface area (Å²) in [7, 11) is 0. The van der Waals surface area contributed by atoms with Gasteiger partial charge >= 0.3 is 6.11 Å². The van der Waals surface area contributed by atoms with Crippen molar-refractivity contribution in [3.63, 3.8) is 0 Å². The van der Waals surface area contributed by atoms with Crippen LogP contribution in [0.3, 0.4) is 0 Å². The lowest BCUT2D eigenvalue weighted by molar-refractivity contribution is -0.188. The van der Waals surface area contributed by atoms with Gasteiger partial charge < -0.3 is 4.74 Å². The van der Waals surface area contributed by atoms with E-state index >= 15 is 13.2 Å². The second kappa shape index (κ2) is 16.0. The molecule has 2 aliphatic rings. The minimum Gasteiger partial charge on any atom is -0.425 e. The lowest BCUT2D eigenvalue weighted by Gasteiger charge is -2.32. The van der Waals surface area contributed by atoms with Crippen LogP contribution in [0.1, 0.15) is 158 Å². The number of fused-ring (bicyclic) bond motifs is 3. The van der Waals surface area contributed by atoms with Gasteiger partial charge in [-0.3, -0.25) is 0 Å². The molecule has 2 aromatic rings. The fraction of sp³-hybridized carbons (Fsp3) is 0.676. The molecule has 0 atom stereocenters. The minimum atomic E-state index is -3.54. The van der Waals surface area contributed by atoms with Crippen molar-refractivity contribution < 1.29 is 17.9 Å². The molecule has 1 heterocycles. The molecule has 4 rings (SSSR count). The molecule has 0 N–H and O–H groups in total. The predicted molar refractivity (Wildman–Crippen MR) is 165 cm³/mol. The number of alkyl halides is 2. The van der Waals surface area contributed by atoms with Crippen LogP contribution in [0.15, 0.2) is 30.3 Å². The Balaban J connectivity index is 1.32. The number of halogens is 3. The number of benzene rings is 2. The molecule has 0 amide bonds. The summed E-state index contributed by atoms with van der Waals surface area (Å²) in [6, 6.07) is 8.95. The van der Waals surface area contributed by atoms with Gasteiger partial charge in [-0.15, -0.1) is 0 Å². The summed E-state index contributed by atoms with van der Waals surface area (Å²) >= 11 is 0. The molecule has 0 bridgehead atoms. The van der Waals surface area contributed by atoms with Crippen molar-refractivity contribution in [1.82, 2.24) is 0 Å². The molecule has 228 valence electrons. The van der Waals surface area contributed by atoms with Gasteiger partial charge in [0, 0.05) is 5.56 Å². The zero-order valence-electron chi connectivity index (χ0n) is 25.7. The quantitative estimate of drug-likeness (QED) is 0.172. The first-order valence-corrected chi connectivity index (χ1v) is 17.0. The fourth-order valence-electron chi connectivity index (χ4n) is 7.02. The van der Waals surface area contributed by atoms with Crippen LogP contribution in [-0.4, -0.2) is 0 Å². The molecular formula is C37H53F3O. The number of aryl methyl sites for hydroxylation is 1. The highest BCUT2D eigenvalue weighted by Crippen LogP contribution is 2.50. The van der Waals surface area contributed by atoms with Crippen LogP contribution in [0.25, 0.3) is 11.1 Å². The Labute approximate surface area is 247 Å². The summed E-state index contributed by atoms with van der Waals surface area (Å²) in [4.78, 5) is 0. The summed E-state index contributed by atoms with van der Waals surface area (Å²) < 4.78 is 51.1. The molecule has 0 radical (unpaired) electrons. The van der Waals surface area contributed by atoms with Crippen LogP contribution in [0.2, 0.25) is 0 Å². The summed E-state index contributed by atoms with van der Waals surface area (Å²) in [6.07, 6.45) is 20.2. The Morgan fingerprint density at radius 3 is 1.95 bits per heavy atom. The van der Waals surface area contributed by atoms with Gasteiger partial charge in [-0.05, 0) is 73.1 Å². The Bertz CT molecular complexity index is 1070. The van der Waals surface area contributed by atoms with Crippen molar-refractivity contribution in [1.29, 1.82) is 0 Å². The molecule has 1 aliphatic heterocycles. The SMILES string of the molecule is CCCCCCCCCCC1CCC(c2ccc3c(c2)C(F)(F)Oc2c-3ccc(CCCCCCCC)c2F)CC1. The van der Waals surface area contributed by atoms with E-state index < -0.39 is 11.9 Å². The van der Waals surface area contributed by atoms with Crippen LogP contribution >= 0.6 is 0 Å². The third-order valence-corrected chi connectivity index (χ3v) is 9.64. The molecule has 1 saturated carbocycles. The van der Waals surface area contributed by atoms with E-state index in [1.165, 1.54) is 89.9 Å². The molecule has 1 fully saturated rings. The highest BCUT2D eigenvalue weighted by molar-refractivity contribution is 5.77. The van der Waals surface area contributed by atoms with Crippen LogP contribution in [0.4, 0.5) is 13.2 Å². The molecule has 4 heteroatoms. The van der Waals surface area contributed by atoms with Crippen LogP contribution in [0, 0.1) is 11.7 Å². The van der Waals surface area contributed by atoms with Crippen LogP contribution in [0.5, 0.6) is 5.75 Å². The maximum Gasteiger partial charge on any atom is 0.427 e. The molecule has 1 nitrogen and oxygen atoms in total. The summed E-state index contributed by atoms with van der Waals surface area (Å²) in [5, 5.41) is 0. The molecule has 1 aliphatic carbocycles. The monoisotopic (exact) mass is 570 g/mol. The third-order valence-electron chi connectivity index (χ3n) is 9.64. The van der Waals surface area contributed by atoms with Crippen LogP contribution in [-0.2, 0) is 12.5 Å². The average molecular weight is 571 g/mol. The Morgan fingerprint density at radius 2 is 1.29 bits per heavy atom. The summed E-state index contributed by atoms with van der Waals surface area (Å²) in [5.41, 5.74) is 2.16. The molecule has 2 aromatic carbocycles. The maximum atomic E-state index is 15.4. The first-order chi connectivity index (χ1) is 19.9. The van der Waals surface area contributed by atoms with E-state index in [9.17, 15) is 0 Å². The van der Waals surface area contributed by atoms with Crippen molar-refractivity contribution in [3.05, 3.63) is 52.8 Å². The molecular weight excluding hydrogens is 517 g/mol. The fourth-order valence-corrected chi connectivity index (χ4v) is 7.02. The van der Waals surface area contributed by atoms with Gasteiger partial charge in [-0.25, -0.2) is 4.39 Å². The van der Waals surface area contributed by atoms with Crippen molar-refractivity contribution in [2.75, 3.05) is 0 Å². The summed E-state index contributed by atoms with van der Waals surface area (Å²) in [5.74, 6) is 0.165. The van der Waals surface area contributed by atoms with E-state index in [2.05, 4.69) is 13.8 Å². The molecule has 0 saturated heterocycles. The second-order valence-electron chi connectivity index (χ2n) is 12.8. The average Bonchev–Trinajstić information content (AvgIpc) is 2.98. The van der Waals surface area contributed by atoms with E-state index in [-0.39, 0.29) is 11.3 Å². The van der Waals surface area contributed by atoms with E-state index in [1.807, 2.05) is 6.07 Å². The Hall–Kier alpha value is -1.97. The topological polar surface area (TPSA) is 9.23 Å². The first kappa shape index (κ1) is 32.0. The molecule has 0 unspecified atom stereocenters. The summed E-state index contributed by atoms with van der Waals surface area (Å²) in [6.45, 7) is 4.44. The van der Waals surface area contributed by atoms with Gasteiger partial charge in [0.05, 0.1) is 5.56 Å². The Morgan fingerprint density at radius 1 is 0.707 bits per heavy atom. The number of ether oxygens (including phenoxy) is 1. The Kier molecular flexibility index (Phi) is 12.5. The van der Waals surface area contributed by atoms with Crippen molar-refractivity contribution in [2.45, 2.75) is 154 Å². The van der Waals surface area contributed by atoms with Gasteiger partial charge in [0.1, 0.15) is 0 Å². The number of rotatable bonds is 17. The maximum absolute atomic E-state index is 15.4. The van der Waals surface area contributed by atoms with Gasteiger partial charge in [0.25, 0.3) is 0 Å². The smallest absolute Gasteiger partial charge is 0.425 e. The van der Waals surface area contributed by atoms with Gasteiger partial charge in [-0.1, -0.05) is 128 Å². The number of unbranched alkanes of at least 4 members (excludes halogenated alkanes) is 12. The zero-order chi connectivity index (χ0) is 29.1. The number of hydrogen-bond acceptors (Lipinski definition) is 1. The van der Waals surface area contributed by atoms with Crippen molar-refractivity contribution in [2.24, 2.45) is 5.92 Å². The van der Waals surface area contributed by atoms with Crippen molar-refractivity contribution in [3.8, 4) is 16.9 Å². The third kappa shape index (κ3) is 8.77. The second-order valence-corrected chi connectivity index (χ2v) is 12.8. The lowest BCUT2D eigenvalue weighted by atomic mass is 9.76. The first-order valence-electron chi connectivity index (χ1n) is 17.0. The zero-order valence-corrected chi connectivity index (χ0v) is 25.7. The minimum absolute atomic E-state index is 0.119. The lowest BCUT2D eigenvalue weighted by Crippen LogP contribution is -2.28. The molecule has 0 spiro atoms. The molecule has 0 aromatic heterocycles. The van der Waals surface area contributed by atoms with Gasteiger partial charge in [0.2, 0.25) is 0 Å². The van der Waals surface area contributed by atoms with E-state index in [4.69, 9.17) is 4.74 Å².